The molecular formula is C46H34N2. The maximum absolute atomic E-state index is 5.32. The van der Waals surface area contributed by atoms with E-state index in [0.29, 0.717) is 0 Å². The van der Waals surface area contributed by atoms with E-state index in [0.717, 1.165) is 50.4 Å². The first-order valence-corrected chi connectivity index (χ1v) is 16.4. The van der Waals surface area contributed by atoms with Crippen molar-refractivity contribution in [1.29, 1.82) is 0 Å². The molecule has 2 nitrogen and oxygen atoms in total. The third-order valence-electron chi connectivity index (χ3n) is 8.93. The summed E-state index contributed by atoms with van der Waals surface area (Å²) < 4.78 is 2.32. The van der Waals surface area contributed by atoms with Crippen molar-refractivity contribution in [2.24, 2.45) is 0 Å². The Morgan fingerprint density at radius 2 is 0.812 bits per heavy atom. The van der Waals surface area contributed by atoms with Gasteiger partial charge in [0.1, 0.15) is 5.82 Å². The standard InChI is InChI=1S/C46H34N2/c1-33-47-45-43(38-29-25-36(26-30-38)23-21-34-13-5-2-6-14-34)41-19-11-12-20-42(41)44(46(45)48(33)40-17-9-4-10-18-40)39-31-27-37(28-32-39)24-22-35-15-7-3-8-16-35/h2-32H,1H3. The van der Waals surface area contributed by atoms with E-state index >= 15 is 0 Å². The van der Waals surface area contributed by atoms with Crippen molar-refractivity contribution >= 4 is 46.1 Å². The maximum Gasteiger partial charge on any atom is 0.111 e. The average Bonchev–Trinajstić information content (AvgIpc) is 3.49. The lowest BCUT2D eigenvalue weighted by Crippen LogP contribution is -1.99. The molecule has 0 atom stereocenters. The minimum atomic E-state index is 0.957. The van der Waals surface area contributed by atoms with E-state index in [1.807, 2.05) is 12.1 Å². The van der Waals surface area contributed by atoms with Crippen molar-refractivity contribution in [3.63, 3.8) is 0 Å². The molecule has 7 aromatic carbocycles. The van der Waals surface area contributed by atoms with Gasteiger partial charge in [-0.3, -0.25) is 4.57 Å². The fraction of sp³-hybridized carbons (Fsp3) is 0.0217. The summed E-state index contributed by atoms with van der Waals surface area (Å²) in [5.41, 5.74) is 12.6. The van der Waals surface area contributed by atoms with Crippen LogP contribution in [0.15, 0.2) is 164 Å². The number of hydrogen-bond donors (Lipinski definition) is 0. The molecule has 1 heterocycles. The van der Waals surface area contributed by atoms with Crippen molar-refractivity contribution in [3.8, 4) is 27.9 Å². The molecule has 48 heavy (non-hydrogen) atoms. The number of imidazole rings is 1. The van der Waals surface area contributed by atoms with Crippen LogP contribution in [0.1, 0.15) is 28.1 Å². The summed E-state index contributed by atoms with van der Waals surface area (Å²) >= 11 is 0. The summed E-state index contributed by atoms with van der Waals surface area (Å²) in [7, 11) is 0. The van der Waals surface area contributed by atoms with Gasteiger partial charge in [-0.25, -0.2) is 4.98 Å². The van der Waals surface area contributed by atoms with Crippen molar-refractivity contribution in [2.75, 3.05) is 0 Å². The van der Waals surface area contributed by atoms with Crippen LogP contribution in [0.25, 0.3) is 74.1 Å². The second-order valence-corrected chi connectivity index (χ2v) is 12.1. The molecule has 0 aliphatic carbocycles. The van der Waals surface area contributed by atoms with E-state index in [4.69, 9.17) is 4.98 Å². The Morgan fingerprint density at radius 3 is 1.31 bits per heavy atom. The number of fused-ring (bicyclic) bond motifs is 2. The summed E-state index contributed by atoms with van der Waals surface area (Å²) in [6.45, 7) is 2.11. The predicted molar refractivity (Wildman–Crippen MR) is 205 cm³/mol. The van der Waals surface area contributed by atoms with Crippen LogP contribution in [-0.2, 0) is 0 Å². The Labute approximate surface area is 281 Å². The van der Waals surface area contributed by atoms with Crippen LogP contribution in [0, 0.1) is 6.92 Å². The Bertz CT molecular complexity index is 2400. The van der Waals surface area contributed by atoms with E-state index in [1.54, 1.807) is 0 Å². The number of rotatable bonds is 7. The highest BCUT2D eigenvalue weighted by Gasteiger charge is 2.23. The molecule has 0 spiro atoms. The Kier molecular flexibility index (Phi) is 7.82. The number of benzene rings is 7. The smallest absolute Gasteiger partial charge is 0.111 e. The van der Waals surface area contributed by atoms with Gasteiger partial charge in [0, 0.05) is 16.8 Å². The Balaban J connectivity index is 1.31. The second kappa shape index (κ2) is 12.9. The van der Waals surface area contributed by atoms with Crippen LogP contribution < -0.4 is 0 Å². The average molecular weight is 615 g/mol. The highest BCUT2D eigenvalue weighted by atomic mass is 15.1. The molecule has 1 aromatic heterocycles. The largest absolute Gasteiger partial charge is 0.296 e. The summed E-state index contributed by atoms with van der Waals surface area (Å²) in [4.78, 5) is 5.32. The third-order valence-corrected chi connectivity index (χ3v) is 8.93. The molecule has 8 rings (SSSR count). The lowest BCUT2D eigenvalue weighted by Gasteiger charge is -2.17. The molecular weight excluding hydrogens is 581 g/mol. The number of aryl methyl sites for hydroxylation is 1. The van der Waals surface area contributed by atoms with Crippen molar-refractivity contribution in [2.45, 2.75) is 6.92 Å². The first-order valence-electron chi connectivity index (χ1n) is 16.4. The molecule has 2 heteroatoms. The summed E-state index contributed by atoms with van der Waals surface area (Å²) in [5.74, 6) is 0.957. The zero-order chi connectivity index (χ0) is 32.3. The molecule has 0 saturated heterocycles. The maximum atomic E-state index is 5.32. The lowest BCUT2D eigenvalue weighted by molar-refractivity contribution is 1.00. The van der Waals surface area contributed by atoms with Gasteiger partial charge < -0.3 is 0 Å². The Hall–Kier alpha value is -6.25. The summed E-state index contributed by atoms with van der Waals surface area (Å²) in [5, 5.41) is 2.40. The minimum absolute atomic E-state index is 0.957. The predicted octanol–water partition coefficient (Wildman–Crippen LogP) is 12.2. The van der Waals surface area contributed by atoms with Gasteiger partial charge in [0.05, 0.1) is 11.0 Å². The molecule has 0 saturated carbocycles. The zero-order valence-corrected chi connectivity index (χ0v) is 26.8. The highest BCUT2D eigenvalue weighted by molar-refractivity contribution is 6.20. The molecule has 0 aliphatic heterocycles. The second-order valence-electron chi connectivity index (χ2n) is 12.1. The highest BCUT2D eigenvalue weighted by Crippen LogP contribution is 2.44. The molecule has 0 aliphatic rings. The third kappa shape index (κ3) is 5.65. The number of nitrogens with zero attached hydrogens (tertiary/aromatic N) is 2. The molecule has 0 radical (unpaired) electrons. The number of para-hydroxylation sites is 1. The van der Waals surface area contributed by atoms with Gasteiger partial charge in [-0.15, -0.1) is 0 Å². The molecule has 0 N–H and O–H groups in total. The van der Waals surface area contributed by atoms with Gasteiger partial charge in [-0.2, -0.15) is 0 Å². The van der Waals surface area contributed by atoms with E-state index in [-0.39, 0.29) is 0 Å². The Morgan fingerprint density at radius 1 is 0.417 bits per heavy atom. The number of aromatic nitrogens is 2. The normalized spacial score (nSPS) is 11.7. The minimum Gasteiger partial charge on any atom is -0.296 e. The van der Waals surface area contributed by atoms with E-state index in [9.17, 15) is 0 Å². The molecule has 0 unspecified atom stereocenters. The first kappa shape index (κ1) is 29.2. The topological polar surface area (TPSA) is 17.8 Å². The van der Waals surface area contributed by atoms with E-state index in [2.05, 4.69) is 187 Å². The van der Waals surface area contributed by atoms with Crippen LogP contribution >= 0.6 is 0 Å². The molecule has 0 amide bonds. The van der Waals surface area contributed by atoms with Crippen LogP contribution in [0.4, 0.5) is 0 Å². The fourth-order valence-corrected chi connectivity index (χ4v) is 6.62. The van der Waals surface area contributed by atoms with Crippen molar-refractivity contribution in [3.05, 3.63) is 192 Å². The SMILES string of the molecule is Cc1nc2c(-c3ccc(C=Cc4ccccc4)cc3)c3ccccc3c(-c3ccc(C=Cc4ccccc4)cc3)c2n1-c1ccccc1. The van der Waals surface area contributed by atoms with Crippen LogP contribution in [0.5, 0.6) is 0 Å². The van der Waals surface area contributed by atoms with Gasteiger partial charge in [0.15, 0.2) is 0 Å². The lowest BCUT2D eigenvalue weighted by atomic mass is 9.89. The summed E-state index contributed by atoms with van der Waals surface area (Å²) in [6, 6.07) is 58.0. The van der Waals surface area contributed by atoms with Gasteiger partial charge in [0.2, 0.25) is 0 Å². The van der Waals surface area contributed by atoms with Crippen molar-refractivity contribution in [1.82, 2.24) is 9.55 Å². The zero-order valence-electron chi connectivity index (χ0n) is 26.8. The summed E-state index contributed by atoms with van der Waals surface area (Å²) in [6.07, 6.45) is 8.66. The van der Waals surface area contributed by atoms with E-state index < -0.39 is 0 Å². The molecule has 8 aromatic rings. The number of hydrogen-bond acceptors (Lipinski definition) is 1. The van der Waals surface area contributed by atoms with E-state index in [1.165, 1.54) is 27.5 Å². The molecule has 0 bridgehead atoms. The van der Waals surface area contributed by atoms with Gasteiger partial charge in [-0.1, -0.05) is 176 Å². The van der Waals surface area contributed by atoms with Crippen LogP contribution in [0.2, 0.25) is 0 Å². The fourth-order valence-electron chi connectivity index (χ4n) is 6.62. The van der Waals surface area contributed by atoms with Crippen LogP contribution in [0.3, 0.4) is 0 Å². The van der Waals surface area contributed by atoms with Crippen molar-refractivity contribution < 1.29 is 0 Å². The van der Waals surface area contributed by atoms with Gasteiger partial charge in [0.25, 0.3) is 0 Å². The molecule has 0 fully saturated rings. The monoisotopic (exact) mass is 614 g/mol. The quantitative estimate of drug-likeness (QED) is 0.163. The van der Waals surface area contributed by atoms with Gasteiger partial charge >= 0.3 is 0 Å². The first-order chi connectivity index (χ1) is 23.7. The van der Waals surface area contributed by atoms with Crippen LogP contribution in [-0.4, -0.2) is 9.55 Å². The molecule has 228 valence electrons. The van der Waals surface area contributed by atoms with Gasteiger partial charge in [-0.05, 0) is 63.2 Å².